The van der Waals surface area contributed by atoms with Crippen molar-refractivity contribution < 1.29 is 23.5 Å². The number of hydrogen-bond donors (Lipinski definition) is 1. The number of carboxylic acids is 1. The summed E-state index contributed by atoms with van der Waals surface area (Å²) in [7, 11) is 0. The summed E-state index contributed by atoms with van der Waals surface area (Å²) in [5, 5.41) is 12.4. The first-order chi connectivity index (χ1) is 9.27. The van der Waals surface area contributed by atoms with Crippen LogP contribution in [0.15, 0.2) is 0 Å². The van der Waals surface area contributed by atoms with Crippen LogP contribution in [0.2, 0.25) is 0 Å². The number of amides is 1. The second-order valence-corrected chi connectivity index (χ2v) is 4.35. The van der Waals surface area contributed by atoms with Gasteiger partial charge in [0.1, 0.15) is 6.54 Å². The Morgan fingerprint density at radius 3 is 2.40 bits per heavy atom. The van der Waals surface area contributed by atoms with Gasteiger partial charge in [0.25, 0.3) is 0 Å². The van der Waals surface area contributed by atoms with Crippen molar-refractivity contribution in [1.29, 1.82) is 0 Å². The molecular formula is C12H17F2N3O3. The Hall–Kier alpha value is -1.99. The summed E-state index contributed by atoms with van der Waals surface area (Å²) >= 11 is 0. The van der Waals surface area contributed by atoms with Crippen molar-refractivity contribution >= 4 is 11.9 Å². The lowest BCUT2D eigenvalue weighted by atomic mass is 10.1. The van der Waals surface area contributed by atoms with E-state index in [1.54, 1.807) is 13.8 Å². The maximum atomic E-state index is 12.7. The molecule has 8 heteroatoms. The zero-order valence-corrected chi connectivity index (χ0v) is 11.6. The van der Waals surface area contributed by atoms with E-state index < -0.39 is 25.0 Å². The van der Waals surface area contributed by atoms with E-state index in [0.29, 0.717) is 15.9 Å². The molecule has 1 N–H and O–H groups in total. The minimum Gasteiger partial charge on any atom is -0.480 e. The third kappa shape index (κ3) is 3.52. The summed E-state index contributed by atoms with van der Waals surface area (Å²) in [6.45, 7) is 1.73. The normalized spacial score (nSPS) is 10.9. The Kier molecular flexibility index (Phi) is 5.18. The number of aryl methyl sites for hydroxylation is 1. The van der Waals surface area contributed by atoms with Gasteiger partial charge in [-0.25, -0.2) is 4.68 Å². The Bertz CT molecular complexity index is 514. The van der Waals surface area contributed by atoms with Gasteiger partial charge in [0.15, 0.2) is 0 Å². The number of carboxylic acid groups (broad SMARTS) is 1. The van der Waals surface area contributed by atoms with Gasteiger partial charge in [-0.2, -0.15) is 13.9 Å². The molecule has 1 heterocycles. The van der Waals surface area contributed by atoms with Gasteiger partial charge < -0.3 is 10.0 Å². The quantitative estimate of drug-likeness (QED) is 0.858. The molecule has 0 bridgehead atoms. The molecule has 0 atom stereocenters. The van der Waals surface area contributed by atoms with Crippen molar-refractivity contribution in [2.24, 2.45) is 0 Å². The minimum absolute atomic E-state index is 0.133. The van der Waals surface area contributed by atoms with Gasteiger partial charge >= 0.3 is 12.5 Å². The molecule has 6 nitrogen and oxygen atoms in total. The van der Waals surface area contributed by atoms with Crippen LogP contribution in [0.1, 0.15) is 30.4 Å². The number of halogens is 2. The number of aromatic nitrogens is 2. The van der Waals surface area contributed by atoms with Crippen LogP contribution in [0.3, 0.4) is 0 Å². The highest BCUT2D eigenvalue weighted by Crippen LogP contribution is 2.20. The number of alkyl halides is 2. The second-order valence-electron chi connectivity index (χ2n) is 4.35. The van der Waals surface area contributed by atoms with Gasteiger partial charge in [-0.15, -0.1) is 0 Å². The highest BCUT2D eigenvalue weighted by molar-refractivity contribution is 5.83. The molecule has 1 rings (SSSR count). The number of hydrogen-bond acceptors (Lipinski definition) is 3. The van der Waals surface area contributed by atoms with E-state index >= 15 is 0 Å². The Morgan fingerprint density at radius 1 is 1.40 bits per heavy atom. The first kappa shape index (κ1) is 16.1. The molecule has 0 radical (unpaired) electrons. The van der Waals surface area contributed by atoms with Crippen molar-refractivity contribution in [3.63, 3.8) is 0 Å². The lowest BCUT2D eigenvalue weighted by Crippen LogP contribution is -2.36. The van der Waals surface area contributed by atoms with Gasteiger partial charge in [0, 0.05) is 17.8 Å². The lowest BCUT2D eigenvalue weighted by Gasteiger charge is -2.18. The fourth-order valence-corrected chi connectivity index (χ4v) is 1.95. The van der Waals surface area contributed by atoms with E-state index in [9.17, 15) is 18.4 Å². The summed E-state index contributed by atoms with van der Waals surface area (Å²) < 4.78 is 25.9. The molecule has 1 aromatic heterocycles. The predicted molar refractivity (Wildman–Crippen MR) is 66.5 cm³/mol. The van der Waals surface area contributed by atoms with Crippen LogP contribution >= 0.6 is 0 Å². The Labute approximate surface area is 115 Å². The molecule has 1 amide bonds. The van der Waals surface area contributed by atoms with Crippen LogP contribution in [-0.4, -0.2) is 44.8 Å². The molecule has 0 saturated heterocycles. The lowest BCUT2D eigenvalue weighted by molar-refractivity contribution is -0.144. The summed E-state index contributed by atoms with van der Waals surface area (Å²) in [5.74, 6) is -1.54. The number of carbonyl (C=O) groups excluding carboxylic acids is 1. The fraction of sp³-hybridized carbons (Fsp3) is 0.583. The molecule has 0 aliphatic carbocycles. The molecule has 0 aromatic carbocycles. The molecular weight excluding hydrogens is 272 g/mol. The smallest absolute Gasteiger partial charge is 0.333 e. The number of nitrogens with zero attached hydrogens (tertiary/aromatic N) is 3. The van der Waals surface area contributed by atoms with Gasteiger partial charge in [0.05, 0.1) is 12.1 Å². The fourth-order valence-electron chi connectivity index (χ4n) is 1.95. The highest BCUT2D eigenvalue weighted by Gasteiger charge is 2.22. The second kappa shape index (κ2) is 6.44. The third-order valence-corrected chi connectivity index (χ3v) is 3.05. The number of likely N-dealkylation sites (N-methyl/N-ethyl adjacent to an activating group) is 1. The van der Waals surface area contributed by atoms with Crippen molar-refractivity contribution in [3.8, 4) is 0 Å². The van der Waals surface area contributed by atoms with E-state index in [4.69, 9.17) is 5.11 Å². The zero-order valence-electron chi connectivity index (χ0n) is 11.6. The monoisotopic (exact) mass is 289 g/mol. The van der Waals surface area contributed by atoms with E-state index in [2.05, 4.69) is 5.10 Å². The van der Waals surface area contributed by atoms with Crippen LogP contribution in [-0.2, 0) is 16.0 Å². The van der Waals surface area contributed by atoms with Crippen LogP contribution < -0.4 is 0 Å². The summed E-state index contributed by atoms with van der Waals surface area (Å²) in [6.07, 6.45) is -0.133. The van der Waals surface area contributed by atoms with E-state index in [1.165, 1.54) is 6.92 Å². The summed E-state index contributed by atoms with van der Waals surface area (Å²) in [4.78, 5) is 23.8. The summed E-state index contributed by atoms with van der Waals surface area (Å²) in [5.41, 5.74) is 0.985. The third-order valence-electron chi connectivity index (χ3n) is 3.05. The first-order valence-corrected chi connectivity index (χ1v) is 6.10. The van der Waals surface area contributed by atoms with Crippen LogP contribution in [0.4, 0.5) is 8.78 Å². The number of aliphatic carboxylic acids is 1. The minimum atomic E-state index is -2.76. The van der Waals surface area contributed by atoms with Gasteiger partial charge in [-0.3, -0.25) is 9.59 Å². The Balaban J connectivity index is 2.92. The molecule has 0 fully saturated rings. The molecule has 0 aliphatic heterocycles. The number of carbonyl (C=O) groups is 2. The molecule has 0 unspecified atom stereocenters. The maximum absolute atomic E-state index is 12.7. The first-order valence-electron chi connectivity index (χ1n) is 6.10. The van der Waals surface area contributed by atoms with Crippen LogP contribution in [0.5, 0.6) is 0 Å². The van der Waals surface area contributed by atoms with Gasteiger partial charge in [0.2, 0.25) is 5.91 Å². The predicted octanol–water partition coefficient (Wildman–Crippen LogP) is 1.37. The van der Waals surface area contributed by atoms with Crippen LogP contribution in [0.25, 0.3) is 0 Å². The molecule has 1 aromatic rings. The van der Waals surface area contributed by atoms with Crippen LogP contribution in [0, 0.1) is 13.8 Å². The van der Waals surface area contributed by atoms with E-state index in [0.717, 1.165) is 4.90 Å². The standard InChI is InChI=1S/C12H17F2N3O3/c1-4-16(6-11(19)20)10(18)5-9-7(2)15-17(8(9)3)12(13)14/h12H,4-6H2,1-3H3,(H,19,20). The average molecular weight is 289 g/mol. The maximum Gasteiger partial charge on any atom is 0.333 e. The van der Waals surface area contributed by atoms with Crippen molar-refractivity contribution in [1.82, 2.24) is 14.7 Å². The number of rotatable bonds is 6. The van der Waals surface area contributed by atoms with E-state index in [-0.39, 0.29) is 18.7 Å². The molecule has 0 saturated carbocycles. The van der Waals surface area contributed by atoms with Crippen molar-refractivity contribution in [2.45, 2.75) is 33.7 Å². The van der Waals surface area contributed by atoms with Gasteiger partial charge in [-0.05, 0) is 20.8 Å². The van der Waals surface area contributed by atoms with E-state index in [1.807, 2.05) is 0 Å². The summed E-state index contributed by atoms with van der Waals surface area (Å²) in [6, 6.07) is 0. The molecule has 20 heavy (non-hydrogen) atoms. The molecule has 112 valence electrons. The van der Waals surface area contributed by atoms with Crippen molar-refractivity contribution in [3.05, 3.63) is 17.0 Å². The topological polar surface area (TPSA) is 75.4 Å². The highest BCUT2D eigenvalue weighted by atomic mass is 19.3. The molecule has 0 aliphatic rings. The largest absolute Gasteiger partial charge is 0.480 e. The molecule has 0 spiro atoms. The van der Waals surface area contributed by atoms with Crippen molar-refractivity contribution in [2.75, 3.05) is 13.1 Å². The van der Waals surface area contributed by atoms with Gasteiger partial charge in [-0.1, -0.05) is 0 Å². The SMILES string of the molecule is CCN(CC(=O)O)C(=O)Cc1c(C)nn(C(F)F)c1C. The average Bonchev–Trinajstić information content (AvgIpc) is 2.63. The zero-order chi connectivity index (χ0) is 15.4. The Morgan fingerprint density at radius 2 is 2.00 bits per heavy atom.